The molecule has 6 nitrogen and oxygen atoms in total. The molecule has 0 aromatic carbocycles. The van der Waals surface area contributed by atoms with Crippen molar-refractivity contribution >= 4 is 11.9 Å². The molecule has 2 N–H and O–H groups in total. The van der Waals surface area contributed by atoms with E-state index in [1.165, 1.54) is 19.3 Å². The van der Waals surface area contributed by atoms with E-state index in [1.54, 1.807) is 12.4 Å². The van der Waals surface area contributed by atoms with Gasteiger partial charge in [-0.3, -0.25) is 4.79 Å². The smallest absolute Gasteiger partial charge is 0.243 e. The van der Waals surface area contributed by atoms with E-state index in [9.17, 15) is 4.79 Å². The average molecular weight is 325 g/mol. The van der Waals surface area contributed by atoms with Crippen LogP contribution in [0.1, 0.15) is 37.8 Å². The van der Waals surface area contributed by atoms with E-state index in [2.05, 4.69) is 25.2 Å². The van der Waals surface area contributed by atoms with Gasteiger partial charge in [-0.15, -0.1) is 0 Å². The number of amides is 1. The standard InChI is InChI=1S/C18H23N5O/c24-17(22-12-14-6-3-8-19-14)16-11-13-5-1-2-7-15(13)23(16)18-20-9-4-10-21-18/h3-4,6,8-10,13,15-16,19H,1-2,5,7,11-12H2,(H,22,24)/t13-,15+,16+/m1/s1. The lowest BCUT2D eigenvalue weighted by Gasteiger charge is -2.33. The summed E-state index contributed by atoms with van der Waals surface area (Å²) in [6, 6.07) is 5.96. The molecule has 6 heteroatoms. The number of hydrogen-bond donors (Lipinski definition) is 2. The van der Waals surface area contributed by atoms with Gasteiger partial charge in [-0.2, -0.15) is 0 Å². The van der Waals surface area contributed by atoms with Crippen LogP contribution >= 0.6 is 0 Å². The van der Waals surface area contributed by atoms with Gasteiger partial charge in [-0.05, 0) is 43.4 Å². The summed E-state index contributed by atoms with van der Waals surface area (Å²) >= 11 is 0. The van der Waals surface area contributed by atoms with Gasteiger partial charge in [0.25, 0.3) is 0 Å². The zero-order valence-corrected chi connectivity index (χ0v) is 13.7. The summed E-state index contributed by atoms with van der Waals surface area (Å²) < 4.78 is 0. The molecule has 2 aromatic rings. The van der Waals surface area contributed by atoms with Crippen LogP contribution in [0.3, 0.4) is 0 Å². The monoisotopic (exact) mass is 325 g/mol. The highest BCUT2D eigenvalue weighted by Gasteiger charge is 2.46. The van der Waals surface area contributed by atoms with Gasteiger partial charge in [-0.25, -0.2) is 9.97 Å². The van der Waals surface area contributed by atoms with Gasteiger partial charge in [0.05, 0.1) is 6.54 Å². The van der Waals surface area contributed by atoms with Gasteiger partial charge in [0.15, 0.2) is 0 Å². The van der Waals surface area contributed by atoms with Crippen molar-refractivity contribution in [3.63, 3.8) is 0 Å². The van der Waals surface area contributed by atoms with Crippen LogP contribution in [0.25, 0.3) is 0 Å². The van der Waals surface area contributed by atoms with Crippen molar-refractivity contribution in [2.45, 2.75) is 50.7 Å². The molecule has 3 heterocycles. The van der Waals surface area contributed by atoms with Gasteiger partial charge in [0.2, 0.25) is 11.9 Å². The van der Waals surface area contributed by atoms with Crippen molar-refractivity contribution in [2.24, 2.45) is 5.92 Å². The van der Waals surface area contributed by atoms with E-state index in [1.807, 2.05) is 24.4 Å². The topological polar surface area (TPSA) is 73.9 Å². The van der Waals surface area contributed by atoms with E-state index >= 15 is 0 Å². The molecule has 4 rings (SSSR count). The molecule has 0 spiro atoms. The number of nitrogens with zero attached hydrogens (tertiary/aromatic N) is 3. The molecule has 1 aliphatic heterocycles. The molecule has 2 aromatic heterocycles. The highest BCUT2D eigenvalue weighted by Crippen LogP contribution is 2.41. The molecule has 2 aliphatic rings. The molecule has 0 bridgehead atoms. The lowest BCUT2D eigenvalue weighted by atomic mass is 9.85. The Morgan fingerprint density at radius 2 is 2.08 bits per heavy atom. The first kappa shape index (κ1) is 15.2. The van der Waals surface area contributed by atoms with Crippen LogP contribution < -0.4 is 10.2 Å². The molecule has 1 saturated heterocycles. The number of anilines is 1. The third-order valence-corrected chi connectivity index (χ3v) is 5.29. The Balaban J connectivity index is 1.54. The molecule has 0 unspecified atom stereocenters. The zero-order chi connectivity index (χ0) is 16.4. The van der Waals surface area contributed by atoms with Gasteiger partial charge in [-0.1, -0.05) is 12.8 Å². The maximum atomic E-state index is 12.8. The van der Waals surface area contributed by atoms with Crippen LogP contribution in [-0.2, 0) is 11.3 Å². The van der Waals surface area contributed by atoms with Gasteiger partial charge >= 0.3 is 0 Å². The molecular formula is C18H23N5O. The summed E-state index contributed by atoms with van der Waals surface area (Å²) in [5.41, 5.74) is 1.02. The fourth-order valence-electron chi connectivity index (χ4n) is 4.18. The lowest BCUT2D eigenvalue weighted by Crippen LogP contribution is -2.47. The molecular weight excluding hydrogens is 302 g/mol. The summed E-state index contributed by atoms with van der Waals surface area (Å²) in [4.78, 5) is 27.0. The fraction of sp³-hybridized carbons (Fsp3) is 0.500. The van der Waals surface area contributed by atoms with Crippen molar-refractivity contribution < 1.29 is 4.79 Å². The number of carbonyl (C=O) groups is 1. The minimum absolute atomic E-state index is 0.0754. The van der Waals surface area contributed by atoms with E-state index < -0.39 is 0 Å². The zero-order valence-electron chi connectivity index (χ0n) is 13.7. The van der Waals surface area contributed by atoms with Crippen molar-refractivity contribution in [1.82, 2.24) is 20.3 Å². The number of aromatic nitrogens is 3. The quantitative estimate of drug-likeness (QED) is 0.904. The first-order valence-electron chi connectivity index (χ1n) is 8.78. The molecule has 24 heavy (non-hydrogen) atoms. The first-order valence-corrected chi connectivity index (χ1v) is 8.78. The van der Waals surface area contributed by atoms with Crippen LogP contribution in [0.4, 0.5) is 5.95 Å². The largest absolute Gasteiger partial charge is 0.364 e. The van der Waals surface area contributed by atoms with E-state index in [0.717, 1.165) is 18.5 Å². The number of aromatic amines is 1. The normalized spacial score (nSPS) is 26.2. The van der Waals surface area contributed by atoms with E-state index in [4.69, 9.17) is 0 Å². The first-order chi connectivity index (χ1) is 11.8. The number of carbonyl (C=O) groups excluding carboxylic acids is 1. The van der Waals surface area contributed by atoms with Crippen LogP contribution in [0.2, 0.25) is 0 Å². The minimum atomic E-state index is -0.171. The maximum absolute atomic E-state index is 12.8. The van der Waals surface area contributed by atoms with Crippen LogP contribution in [0.5, 0.6) is 0 Å². The molecule has 0 radical (unpaired) electrons. The third kappa shape index (κ3) is 2.88. The third-order valence-electron chi connectivity index (χ3n) is 5.29. The van der Waals surface area contributed by atoms with Crippen LogP contribution in [-0.4, -0.2) is 32.9 Å². The van der Waals surface area contributed by atoms with Crippen LogP contribution in [0.15, 0.2) is 36.8 Å². The Morgan fingerprint density at radius 3 is 2.88 bits per heavy atom. The highest BCUT2D eigenvalue weighted by molar-refractivity contribution is 5.85. The van der Waals surface area contributed by atoms with E-state index in [0.29, 0.717) is 24.5 Å². The predicted octanol–water partition coefficient (Wildman–Crippen LogP) is 2.26. The van der Waals surface area contributed by atoms with Crippen molar-refractivity contribution in [3.8, 4) is 0 Å². The average Bonchev–Trinajstić information content (AvgIpc) is 3.28. The number of rotatable bonds is 4. The summed E-state index contributed by atoms with van der Waals surface area (Å²) in [6.07, 6.45) is 11.1. The second kappa shape index (κ2) is 6.63. The Bertz CT molecular complexity index is 672. The summed E-state index contributed by atoms with van der Waals surface area (Å²) in [6.45, 7) is 0.529. The molecule has 126 valence electrons. The number of hydrogen-bond acceptors (Lipinski definition) is 4. The molecule has 3 atom stereocenters. The molecule has 1 aliphatic carbocycles. The minimum Gasteiger partial charge on any atom is -0.364 e. The van der Waals surface area contributed by atoms with Gasteiger partial charge in [0, 0.05) is 30.3 Å². The van der Waals surface area contributed by atoms with Crippen LogP contribution in [0, 0.1) is 5.92 Å². The lowest BCUT2D eigenvalue weighted by molar-refractivity contribution is -0.122. The Hall–Kier alpha value is -2.37. The van der Waals surface area contributed by atoms with Gasteiger partial charge in [0.1, 0.15) is 6.04 Å². The molecule has 1 amide bonds. The number of H-pyrrole nitrogens is 1. The second-order valence-electron chi connectivity index (χ2n) is 6.73. The predicted molar refractivity (Wildman–Crippen MR) is 91.3 cm³/mol. The summed E-state index contributed by atoms with van der Waals surface area (Å²) in [7, 11) is 0. The molecule has 1 saturated carbocycles. The summed E-state index contributed by atoms with van der Waals surface area (Å²) in [5, 5.41) is 3.07. The highest BCUT2D eigenvalue weighted by atomic mass is 16.2. The second-order valence-corrected chi connectivity index (χ2v) is 6.73. The summed E-state index contributed by atoms with van der Waals surface area (Å²) in [5.74, 6) is 1.34. The van der Waals surface area contributed by atoms with Crippen molar-refractivity contribution in [2.75, 3.05) is 4.90 Å². The van der Waals surface area contributed by atoms with Gasteiger partial charge < -0.3 is 15.2 Å². The number of fused-ring (bicyclic) bond motifs is 1. The SMILES string of the molecule is O=C(NCc1ccc[nH]1)[C@@H]1C[C@H]2CCCC[C@@H]2N1c1ncccn1. The Morgan fingerprint density at radius 1 is 1.25 bits per heavy atom. The van der Waals surface area contributed by atoms with Crippen molar-refractivity contribution in [1.29, 1.82) is 0 Å². The maximum Gasteiger partial charge on any atom is 0.243 e. The Labute approximate surface area is 141 Å². The molecule has 2 fully saturated rings. The number of nitrogens with one attached hydrogen (secondary N) is 2. The van der Waals surface area contributed by atoms with E-state index in [-0.39, 0.29) is 11.9 Å². The fourth-order valence-corrected chi connectivity index (χ4v) is 4.18. The Kier molecular flexibility index (Phi) is 4.19. The van der Waals surface area contributed by atoms with Crippen molar-refractivity contribution in [3.05, 3.63) is 42.5 Å².